The van der Waals surface area contributed by atoms with E-state index in [1.165, 1.54) is 6.07 Å². The molecule has 2 aromatic heterocycles. The molecule has 0 aliphatic heterocycles. The van der Waals surface area contributed by atoms with Crippen molar-refractivity contribution in [2.45, 2.75) is 57.5 Å². The Labute approximate surface area is 205 Å². The summed E-state index contributed by atoms with van der Waals surface area (Å²) in [6.45, 7) is 3.58. The van der Waals surface area contributed by atoms with E-state index < -0.39 is 17.7 Å². The van der Waals surface area contributed by atoms with Crippen LogP contribution in [-0.2, 0) is 12.6 Å². The SMILES string of the molecule is Cc1ccc(C2CCC(c3nc(C)cc(C(F)(F)F)n3)CCc3c2[nH]c2cc(F)c(Cl)cc32)cc1. The number of aromatic nitrogens is 3. The largest absolute Gasteiger partial charge is 0.433 e. The summed E-state index contributed by atoms with van der Waals surface area (Å²) in [6, 6.07) is 12.3. The molecule has 0 saturated carbocycles. The lowest BCUT2D eigenvalue weighted by molar-refractivity contribution is -0.141. The first-order valence-electron chi connectivity index (χ1n) is 11.6. The van der Waals surface area contributed by atoms with Crippen molar-refractivity contribution in [1.82, 2.24) is 15.0 Å². The van der Waals surface area contributed by atoms with Crippen molar-refractivity contribution in [1.29, 1.82) is 0 Å². The van der Waals surface area contributed by atoms with Gasteiger partial charge in [0.15, 0.2) is 0 Å². The molecule has 2 atom stereocenters. The van der Waals surface area contributed by atoms with Gasteiger partial charge in [0.05, 0.1) is 5.02 Å². The van der Waals surface area contributed by atoms with Crippen molar-refractivity contribution in [2.75, 3.05) is 0 Å². The van der Waals surface area contributed by atoms with Gasteiger partial charge in [-0.3, -0.25) is 0 Å². The van der Waals surface area contributed by atoms with Crippen LogP contribution in [0.4, 0.5) is 17.6 Å². The van der Waals surface area contributed by atoms with Gasteiger partial charge in [0.25, 0.3) is 0 Å². The zero-order chi connectivity index (χ0) is 24.9. The van der Waals surface area contributed by atoms with Crippen LogP contribution in [0.5, 0.6) is 0 Å². The number of alkyl halides is 3. The van der Waals surface area contributed by atoms with Crippen LogP contribution < -0.4 is 0 Å². The summed E-state index contributed by atoms with van der Waals surface area (Å²) in [7, 11) is 0. The number of nitrogens with zero attached hydrogens (tertiary/aromatic N) is 2. The number of nitrogens with one attached hydrogen (secondary N) is 1. The summed E-state index contributed by atoms with van der Waals surface area (Å²) in [4.78, 5) is 11.8. The molecule has 1 aliphatic rings. The predicted molar refractivity (Wildman–Crippen MR) is 128 cm³/mol. The number of fused-ring (bicyclic) bond motifs is 3. The smallest absolute Gasteiger partial charge is 0.358 e. The van der Waals surface area contributed by atoms with Crippen molar-refractivity contribution in [2.24, 2.45) is 0 Å². The Hall–Kier alpha value is -2.93. The molecule has 1 N–H and O–H groups in total. The molecule has 0 fully saturated rings. The van der Waals surface area contributed by atoms with Gasteiger partial charge in [0.2, 0.25) is 0 Å². The van der Waals surface area contributed by atoms with E-state index in [-0.39, 0.29) is 22.7 Å². The fourth-order valence-corrected chi connectivity index (χ4v) is 5.28. The number of halogens is 5. The maximum atomic E-state index is 14.2. The molecular weight excluding hydrogens is 478 g/mol. The minimum atomic E-state index is -4.53. The van der Waals surface area contributed by atoms with E-state index in [0.717, 1.165) is 33.8 Å². The topological polar surface area (TPSA) is 41.6 Å². The van der Waals surface area contributed by atoms with E-state index in [9.17, 15) is 17.6 Å². The van der Waals surface area contributed by atoms with Crippen LogP contribution in [-0.4, -0.2) is 15.0 Å². The van der Waals surface area contributed by atoms with Gasteiger partial charge in [-0.2, -0.15) is 13.2 Å². The molecule has 8 heteroatoms. The molecule has 2 heterocycles. The lowest BCUT2D eigenvalue weighted by Gasteiger charge is -2.26. The van der Waals surface area contributed by atoms with Crippen LogP contribution in [0.2, 0.25) is 5.02 Å². The second-order valence-electron chi connectivity index (χ2n) is 9.36. The zero-order valence-corrected chi connectivity index (χ0v) is 20.1. The molecule has 4 aromatic rings. The Kier molecular flexibility index (Phi) is 6.08. The average molecular weight is 502 g/mol. The van der Waals surface area contributed by atoms with Gasteiger partial charge in [0, 0.05) is 34.1 Å². The molecule has 0 amide bonds. The van der Waals surface area contributed by atoms with Gasteiger partial charge in [0.1, 0.15) is 17.3 Å². The van der Waals surface area contributed by atoms with Gasteiger partial charge in [-0.1, -0.05) is 41.4 Å². The Balaban J connectivity index is 1.61. The van der Waals surface area contributed by atoms with Gasteiger partial charge < -0.3 is 4.98 Å². The number of H-pyrrole nitrogens is 1. The van der Waals surface area contributed by atoms with E-state index >= 15 is 0 Å². The van der Waals surface area contributed by atoms with E-state index in [1.807, 2.05) is 19.1 Å². The lowest BCUT2D eigenvalue weighted by Crippen LogP contribution is -2.17. The summed E-state index contributed by atoms with van der Waals surface area (Å²) in [6.07, 6.45) is -2.05. The van der Waals surface area contributed by atoms with Gasteiger partial charge in [-0.05, 0) is 68.9 Å². The highest BCUT2D eigenvalue weighted by atomic mass is 35.5. The summed E-state index contributed by atoms with van der Waals surface area (Å²) in [5, 5.41) is 0.881. The fraction of sp³-hybridized carbons (Fsp3) is 0.333. The Morgan fingerprint density at radius 2 is 1.71 bits per heavy atom. The molecule has 35 heavy (non-hydrogen) atoms. The van der Waals surface area contributed by atoms with Gasteiger partial charge in [-0.25, -0.2) is 14.4 Å². The van der Waals surface area contributed by atoms with Crippen molar-refractivity contribution in [3.05, 3.63) is 92.9 Å². The van der Waals surface area contributed by atoms with Crippen molar-refractivity contribution >= 4 is 22.5 Å². The Morgan fingerprint density at radius 3 is 2.43 bits per heavy atom. The third-order valence-corrected chi connectivity index (χ3v) is 7.17. The molecule has 182 valence electrons. The molecule has 0 saturated heterocycles. The van der Waals surface area contributed by atoms with E-state index in [0.29, 0.717) is 36.9 Å². The predicted octanol–water partition coefficient (Wildman–Crippen LogP) is 8.03. The van der Waals surface area contributed by atoms with Crippen LogP contribution in [0.1, 0.15) is 70.7 Å². The normalized spacial score (nSPS) is 18.8. The first-order chi connectivity index (χ1) is 16.6. The van der Waals surface area contributed by atoms with Crippen LogP contribution in [0, 0.1) is 19.7 Å². The van der Waals surface area contributed by atoms with Crippen molar-refractivity contribution < 1.29 is 17.6 Å². The van der Waals surface area contributed by atoms with Crippen LogP contribution in [0.15, 0.2) is 42.5 Å². The molecule has 1 aliphatic carbocycles. The molecule has 2 aromatic carbocycles. The summed E-state index contributed by atoms with van der Waals surface area (Å²) < 4.78 is 54.6. The summed E-state index contributed by atoms with van der Waals surface area (Å²) >= 11 is 6.12. The minimum absolute atomic E-state index is 0.0328. The quantitative estimate of drug-likeness (QED) is 0.282. The number of aryl methyl sites for hydroxylation is 3. The van der Waals surface area contributed by atoms with Crippen LogP contribution in [0.25, 0.3) is 10.9 Å². The number of rotatable bonds is 2. The molecule has 5 rings (SSSR count). The monoisotopic (exact) mass is 501 g/mol. The second-order valence-corrected chi connectivity index (χ2v) is 9.76. The number of aromatic amines is 1. The van der Waals surface area contributed by atoms with Gasteiger partial charge >= 0.3 is 6.18 Å². The maximum Gasteiger partial charge on any atom is 0.433 e. The highest BCUT2D eigenvalue weighted by Gasteiger charge is 2.35. The number of hydrogen-bond acceptors (Lipinski definition) is 2. The second kappa shape index (κ2) is 8.94. The maximum absolute atomic E-state index is 14.2. The standard InChI is InChI=1S/C27H24ClF4N3/c1-14-3-5-16(6-4-14)18-9-7-17(26-33-15(2)11-24(35-26)27(30,31)32)8-10-19-20-12-21(28)22(29)13-23(20)34-25(18)19/h3-6,11-13,17-18,34H,7-10H2,1-2H3. The molecule has 0 bridgehead atoms. The highest BCUT2D eigenvalue weighted by Crippen LogP contribution is 2.42. The highest BCUT2D eigenvalue weighted by molar-refractivity contribution is 6.31. The van der Waals surface area contributed by atoms with E-state index in [4.69, 9.17) is 11.6 Å². The van der Waals surface area contributed by atoms with Crippen LogP contribution >= 0.6 is 11.6 Å². The molecule has 0 spiro atoms. The molecular formula is C27H24ClF4N3. The van der Waals surface area contributed by atoms with E-state index in [1.54, 1.807) is 13.0 Å². The molecule has 0 radical (unpaired) electrons. The summed E-state index contributed by atoms with van der Waals surface area (Å²) in [5.41, 5.74) is 4.30. The third kappa shape index (κ3) is 4.66. The Morgan fingerprint density at radius 1 is 0.971 bits per heavy atom. The number of benzene rings is 2. The average Bonchev–Trinajstić information content (AvgIpc) is 3.10. The third-order valence-electron chi connectivity index (χ3n) is 6.88. The van der Waals surface area contributed by atoms with Gasteiger partial charge in [-0.15, -0.1) is 0 Å². The number of hydrogen-bond donors (Lipinski definition) is 1. The Bertz CT molecular complexity index is 1390. The summed E-state index contributed by atoms with van der Waals surface area (Å²) in [5.74, 6) is -0.536. The molecule has 3 nitrogen and oxygen atoms in total. The first kappa shape index (κ1) is 23.8. The van der Waals surface area contributed by atoms with Crippen LogP contribution in [0.3, 0.4) is 0 Å². The first-order valence-corrected chi connectivity index (χ1v) is 12.0. The minimum Gasteiger partial charge on any atom is -0.358 e. The fourth-order valence-electron chi connectivity index (χ4n) is 5.12. The molecule has 2 unspecified atom stereocenters. The van der Waals surface area contributed by atoms with Crippen molar-refractivity contribution in [3.63, 3.8) is 0 Å². The van der Waals surface area contributed by atoms with E-state index in [2.05, 4.69) is 27.1 Å². The zero-order valence-electron chi connectivity index (χ0n) is 19.3. The van der Waals surface area contributed by atoms with Crippen molar-refractivity contribution in [3.8, 4) is 0 Å². The lowest BCUT2D eigenvalue weighted by atomic mass is 9.80.